The van der Waals surface area contributed by atoms with Gasteiger partial charge >= 0.3 is 11.9 Å². The molecule has 1 unspecified atom stereocenters. The molecule has 1 fully saturated rings. The minimum absolute atomic E-state index is 0.00330. The summed E-state index contributed by atoms with van der Waals surface area (Å²) in [7, 11) is 0. The average molecular weight is 711 g/mol. The minimum Gasteiger partial charge on any atom is -0.478 e. The van der Waals surface area contributed by atoms with Gasteiger partial charge in [-0.15, -0.1) is 11.8 Å². The van der Waals surface area contributed by atoms with Gasteiger partial charge in [0.2, 0.25) is 11.5 Å². The number of amides is 3. The Morgan fingerprint density at radius 2 is 2.00 bits per heavy atom. The predicted octanol–water partition coefficient (Wildman–Crippen LogP) is -0.806. The number of oxime groups is 1. The van der Waals surface area contributed by atoms with Crippen molar-refractivity contribution < 1.29 is 39.0 Å². The molecule has 4 heterocycles. The normalized spacial score (nSPS) is 19.9. The Bertz CT molecular complexity index is 1650. The number of carboxylic acids is 2. The first-order chi connectivity index (χ1) is 22.1. The van der Waals surface area contributed by atoms with Crippen LogP contribution in [-0.4, -0.2) is 109 Å². The first-order valence-corrected chi connectivity index (χ1v) is 15.9. The molecule has 3 aliphatic heterocycles. The molecule has 0 bridgehead atoms. The molecule has 4 rings (SSSR count). The Kier molecular flexibility index (Phi) is 10.8. The fourth-order valence-corrected chi connectivity index (χ4v) is 6.50. The molecule has 0 aromatic carbocycles. The van der Waals surface area contributed by atoms with Crippen LogP contribution in [0.3, 0.4) is 0 Å². The zero-order chi connectivity index (χ0) is 34.6. The molecule has 1 aromatic heterocycles. The number of carbonyl (C=O) groups is 5. The van der Waals surface area contributed by atoms with Gasteiger partial charge in [0, 0.05) is 31.5 Å². The van der Waals surface area contributed by atoms with Gasteiger partial charge in [-0.25, -0.2) is 19.6 Å². The van der Waals surface area contributed by atoms with Gasteiger partial charge < -0.3 is 47.8 Å². The summed E-state index contributed by atoms with van der Waals surface area (Å²) in [6.45, 7) is 3.05. The number of aliphatic carboxylic acids is 2. The van der Waals surface area contributed by atoms with Crippen molar-refractivity contribution in [1.29, 1.82) is 0 Å². The highest BCUT2D eigenvalue weighted by Crippen LogP contribution is 2.41. The summed E-state index contributed by atoms with van der Waals surface area (Å²) in [4.78, 5) is 78.3. The highest BCUT2D eigenvalue weighted by Gasteiger charge is 2.54. The number of rotatable bonds is 13. The molecule has 252 valence electrons. The Hall–Kier alpha value is -4.66. The number of hydrogen-bond donors (Lipinski definition) is 7. The van der Waals surface area contributed by atoms with E-state index < -0.39 is 46.5 Å². The largest absolute Gasteiger partial charge is 0.478 e. The summed E-state index contributed by atoms with van der Waals surface area (Å²) in [5.74, 6) is -4.35. The van der Waals surface area contributed by atoms with Crippen molar-refractivity contribution in [2.45, 2.75) is 37.3 Å². The van der Waals surface area contributed by atoms with E-state index in [0.717, 1.165) is 16.2 Å². The number of halogens is 1. The monoisotopic (exact) mass is 710 g/mol. The maximum absolute atomic E-state index is 13.3. The summed E-state index contributed by atoms with van der Waals surface area (Å²) in [6.07, 6.45) is 4.98. The van der Waals surface area contributed by atoms with E-state index in [2.05, 4.69) is 25.8 Å². The molecule has 2 atom stereocenters. The second kappa shape index (κ2) is 14.4. The molecule has 47 heavy (non-hydrogen) atoms. The lowest BCUT2D eigenvalue weighted by Gasteiger charge is -2.49. The molecular weight excluding hydrogens is 680 g/mol. The molecule has 0 aliphatic carbocycles. The molecule has 0 spiro atoms. The third kappa shape index (κ3) is 7.84. The zero-order valence-electron chi connectivity index (χ0n) is 24.9. The topological polar surface area (TPSA) is 281 Å². The number of amidine groups is 1. The lowest BCUT2D eigenvalue weighted by atomic mass is 10.0. The van der Waals surface area contributed by atoms with E-state index in [1.54, 1.807) is 23.3 Å². The fourth-order valence-electron chi connectivity index (χ4n) is 4.26. The highest BCUT2D eigenvalue weighted by molar-refractivity contribution is 8.00. The predicted molar refractivity (Wildman–Crippen MR) is 173 cm³/mol. The number of hydrogen-bond acceptors (Lipinski definition) is 15. The van der Waals surface area contributed by atoms with Gasteiger partial charge in [0.05, 0.1) is 5.70 Å². The Morgan fingerprint density at radius 1 is 1.28 bits per heavy atom. The molecule has 3 amide bonds. The van der Waals surface area contributed by atoms with E-state index >= 15 is 0 Å². The van der Waals surface area contributed by atoms with Gasteiger partial charge in [-0.05, 0) is 19.4 Å². The number of allylic oxidation sites excluding steroid dienone is 1. The Labute approximate surface area is 280 Å². The van der Waals surface area contributed by atoms with E-state index in [1.807, 2.05) is 0 Å². The van der Waals surface area contributed by atoms with Crippen LogP contribution in [0.25, 0.3) is 0 Å². The van der Waals surface area contributed by atoms with Gasteiger partial charge in [0.1, 0.15) is 39.6 Å². The standard InChI is InChI=1S/C26H31ClN10O8S2/c1-26(2,24(43)44)45-35-15(14-18(27)47-25(30)34-14)20(39)33-16-21(40)37-17(23(41)42)11(9-46-22(16)37)4-3-7-36-8-12(19(29)31-10-36)32-13(38)5-6-28/h3-4,8,16,22H,5-7,9-10,28H2,1-2H3,(H2,29,31)(H2,30,34)(H,32,38)(H,33,39)(H,41,42)(H,43,44)/b4-3+,35-15-/t16-,22?/m1/s1. The van der Waals surface area contributed by atoms with E-state index in [1.165, 1.54) is 25.6 Å². The quantitative estimate of drug-likeness (QED) is 0.0749. The van der Waals surface area contributed by atoms with E-state index in [-0.39, 0.29) is 64.5 Å². The van der Waals surface area contributed by atoms with Crippen LogP contribution in [0.2, 0.25) is 4.34 Å². The number of anilines is 1. The molecule has 3 aliphatic rings. The van der Waals surface area contributed by atoms with Gasteiger partial charge in [0.15, 0.2) is 10.8 Å². The zero-order valence-corrected chi connectivity index (χ0v) is 27.3. The van der Waals surface area contributed by atoms with Crippen LogP contribution in [0.4, 0.5) is 5.13 Å². The Morgan fingerprint density at radius 3 is 2.62 bits per heavy atom. The minimum atomic E-state index is -1.83. The number of aliphatic imine (C=N–C) groups is 1. The lowest BCUT2D eigenvalue weighted by molar-refractivity contribution is -0.161. The second-order valence-electron chi connectivity index (χ2n) is 10.5. The SMILES string of the molecule is CC(C)(O/N=C(\C(=O)N[C@@H]1C(=O)N2C(C(=O)O)=C(/C=C/CN3C=C(NC(=O)CCN)C(N)=NC3)CSC12)c1nc(N)sc1Cl)C(=O)O. The van der Waals surface area contributed by atoms with Crippen molar-refractivity contribution in [2.75, 3.05) is 31.2 Å². The van der Waals surface area contributed by atoms with Crippen molar-refractivity contribution in [1.82, 2.24) is 25.4 Å². The number of fused-ring (bicyclic) bond motifs is 1. The number of β-lactam (4-membered cyclic amide) rings is 1. The van der Waals surface area contributed by atoms with Crippen molar-refractivity contribution in [2.24, 2.45) is 21.6 Å². The smallest absolute Gasteiger partial charge is 0.352 e. The number of nitrogens with one attached hydrogen (secondary N) is 2. The number of nitrogen functional groups attached to an aromatic ring is 1. The maximum Gasteiger partial charge on any atom is 0.352 e. The maximum atomic E-state index is 13.3. The number of thiazole rings is 1. The van der Waals surface area contributed by atoms with Gasteiger partial charge in [-0.3, -0.25) is 19.3 Å². The third-order valence-electron chi connectivity index (χ3n) is 6.72. The number of nitrogens with zero attached hydrogens (tertiary/aromatic N) is 5. The summed E-state index contributed by atoms with van der Waals surface area (Å²) in [6, 6.07) is -1.16. The van der Waals surface area contributed by atoms with Crippen molar-refractivity contribution in [3.63, 3.8) is 0 Å². The highest BCUT2D eigenvalue weighted by atomic mass is 35.5. The number of thioether (sulfide) groups is 1. The fraction of sp³-hybridized carbons (Fsp3) is 0.385. The summed E-state index contributed by atoms with van der Waals surface area (Å²) < 4.78 is -0.0304. The average Bonchev–Trinajstić information content (AvgIpc) is 3.33. The van der Waals surface area contributed by atoms with Crippen molar-refractivity contribution in [3.8, 4) is 0 Å². The third-order valence-corrected chi connectivity index (χ3v) is 9.11. The van der Waals surface area contributed by atoms with Crippen LogP contribution in [0.15, 0.2) is 45.5 Å². The molecule has 0 radical (unpaired) electrons. The van der Waals surface area contributed by atoms with Crippen molar-refractivity contribution >= 4 is 81.0 Å². The number of carboxylic acid groups (broad SMARTS) is 2. The van der Waals surface area contributed by atoms with Crippen LogP contribution < -0.4 is 27.8 Å². The van der Waals surface area contributed by atoms with Gasteiger partial charge in [-0.2, -0.15) is 0 Å². The lowest BCUT2D eigenvalue weighted by Crippen LogP contribution is -2.71. The van der Waals surface area contributed by atoms with Crippen LogP contribution in [0, 0.1) is 0 Å². The first kappa shape index (κ1) is 35.2. The first-order valence-electron chi connectivity index (χ1n) is 13.7. The van der Waals surface area contributed by atoms with Gasteiger partial charge in [-0.1, -0.05) is 40.2 Å². The van der Waals surface area contributed by atoms with E-state index in [0.29, 0.717) is 11.3 Å². The van der Waals surface area contributed by atoms with Crippen LogP contribution in [-0.2, 0) is 28.8 Å². The molecule has 10 N–H and O–H groups in total. The summed E-state index contributed by atoms with van der Waals surface area (Å²) >= 11 is 8.23. The van der Waals surface area contributed by atoms with Crippen LogP contribution in [0.5, 0.6) is 0 Å². The molecule has 1 saturated heterocycles. The molecule has 18 nitrogen and oxygen atoms in total. The molecule has 21 heteroatoms. The molecular formula is C26H31ClN10O8S2. The molecule has 0 saturated carbocycles. The van der Waals surface area contributed by atoms with Gasteiger partial charge in [0.25, 0.3) is 11.8 Å². The van der Waals surface area contributed by atoms with E-state index in [4.69, 9.17) is 33.6 Å². The number of nitrogens with two attached hydrogens (primary N) is 3. The number of aromatic nitrogens is 1. The van der Waals surface area contributed by atoms with Crippen LogP contribution in [0.1, 0.15) is 26.0 Å². The van der Waals surface area contributed by atoms with Crippen LogP contribution >= 0.6 is 34.7 Å². The second-order valence-corrected chi connectivity index (χ2v) is 13.3. The van der Waals surface area contributed by atoms with Crippen molar-refractivity contribution in [3.05, 3.63) is 45.3 Å². The summed E-state index contributed by atoms with van der Waals surface area (Å²) in [5, 5.41) is 27.4. The number of carbonyl (C=O) groups excluding carboxylic acids is 3. The summed E-state index contributed by atoms with van der Waals surface area (Å²) in [5.41, 5.74) is 14.9. The molecule has 1 aromatic rings. The van der Waals surface area contributed by atoms with E-state index in [9.17, 15) is 34.2 Å². The Balaban J connectivity index is 1.48.